The summed E-state index contributed by atoms with van der Waals surface area (Å²) < 4.78 is 31.0. The first-order valence-corrected chi connectivity index (χ1v) is 11.6. The van der Waals surface area contributed by atoms with Gasteiger partial charge in [0, 0.05) is 51.9 Å². The number of rotatable bonds is 4. The number of benzene rings is 1. The molecule has 0 fully saturated rings. The fourth-order valence-corrected chi connectivity index (χ4v) is 4.65. The summed E-state index contributed by atoms with van der Waals surface area (Å²) in [6, 6.07) is 4.78. The Bertz CT molecular complexity index is 1610. The molecule has 0 saturated heterocycles. The van der Waals surface area contributed by atoms with Gasteiger partial charge < -0.3 is 18.9 Å². The first-order chi connectivity index (χ1) is 17.6. The van der Waals surface area contributed by atoms with E-state index < -0.39 is 29.2 Å². The van der Waals surface area contributed by atoms with Gasteiger partial charge in [-0.15, -0.1) is 0 Å². The Morgan fingerprint density at radius 1 is 1.08 bits per heavy atom. The second kappa shape index (κ2) is 9.07. The molecule has 0 N–H and O–H groups in total. The lowest BCUT2D eigenvalue weighted by Gasteiger charge is -2.29. The standard InChI is InChI=1S/C25H21ClF2N6O3/c1-31(2)25(37)20(35)18-12-32(3)23-16(18)9-17(21(26)30-23)24(36)33-6-7-34-14(11-33)10-29-22(34)15-5-4-13(27)8-19(15)28/h4-5,8-10,12H,6-7,11H2,1-3H3. The lowest BCUT2D eigenvalue weighted by Crippen LogP contribution is -2.38. The highest BCUT2D eigenvalue weighted by Crippen LogP contribution is 2.29. The minimum atomic E-state index is -0.723. The molecule has 0 aliphatic carbocycles. The number of carbonyl (C=O) groups is 3. The Balaban J connectivity index is 1.47. The number of likely N-dealkylation sites (N-methyl/N-ethyl adjacent to an activating group) is 1. The predicted molar refractivity (Wildman–Crippen MR) is 131 cm³/mol. The van der Waals surface area contributed by atoms with Crippen molar-refractivity contribution in [2.24, 2.45) is 7.05 Å². The van der Waals surface area contributed by atoms with Crippen LogP contribution in [0.3, 0.4) is 0 Å². The van der Waals surface area contributed by atoms with E-state index in [1.165, 1.54) is 43.4 Å². The molecule has 4 aromatic rings. The van der Waals surface area contributed by atoms with Gasteiger partial charge >= 0.3 is 0 Å². The third kappa shape index (κ3) is 4.14. The van der Waals surface area contributed by atoms with Crippen LogP contribution in [0.25, 0.3) is 22.4 Å². The van der Waals surface area contributed by atoms with Gasteiger partial charge in [0.2, 0.25) is 0 Å². The van der Waals surface area contributed by atoms with Crippen LogP contribution in [0.5, 0.6) is 0 Å². The van der Waals surface area contributed by atoms with Gasteiger partial charge in [0.15, 0.2) is 0 Å². The van der Waals surface area contributed by atoms with Crippen molar-refractivity contribution in [2.75, 3.05) is 20.6 Å². The zero-order chi connectivity index (χ0) is 26.6. The van der Waals surface area contributed by atoms with Crippen molar-refractivity contribution in [3.63, 3.8) is 0 Å². The van der Waals surface area contributed by atoms with Crippen LogP contribution in [0, 0.1) is 11.6 Å². The van der Waals surface area contributed by atoms with Gasteiger partial charge in [-0.1, -0.05) is 11.6 Å². The molecule has 4 heterocycles. The van der Waals surface area contributed by atoms with Crippen molar-refractivity contribution in [1.29, 1.82) is 0 Å². The summed E-state index contributed by atoms with van der Waals surface area (Å²) in [7, 11) is 4.62. The van der Waals surface area contributed by atoms with Gasteiger partial charge in [0.05, 0.1) is 35.1 Å². The molecular formula is C25H21ClF2N6O3. The van der Waals surface area contributed by atoms with E-state index in [4.69, 9.17) is 11.6 Å². The monoisotopic (exact) mass is 526 g/mol. The quantitative estimate of drug-likeness (QED) is 0.231. The van der Waals surface area contributed by atoms with Crippen LogP contribution in [0.4, 0.5) is 8.78 Å². The van der Waals surface area contributed by atoms with Crippen LogP contribution >= 0.6 is 11.6 Å². The molecule has 0 radical (unpaired) electrons. The van der Waals surface area contributed by atoms with Crippen LogP contribution < -0.4 is 0 Å². The minimum Gasteiger partial charge on any atom is -0.342 e. The maximum absolute atomic E-state index is 14.3. The molecule has 0 bridgehead atoms. The molecule has 9 nitrogen and oxygen atoms in total. The highest BCUT2D eigenvalue weighted by Gasteiger charge is 2.29. The van der Waals surface area contributed by atoms with Gasteiger partial charge in [0.1, 0.15) is 28.3 Å². The minimum absolute atomic E-state index is 0.0372. The number of fused-ring (bicyclic) bond motifs is 2. The normalized spacial score (nSPS) is 13.1. The zero-order valence-electron chi connectivity index (χ0n) is 20.1. The second-order valence-electron chi connectivity index (χ2n) is 8.96. The van der Waals surface area contributed by atoms with Crippen molar-refractivity contribution in [1.82, 2.24) is 28.9 Å². The number of carbonyl (C=O) groups excluding carboxylic acids is 3. The number of amides is 2. The topological polar surface area (TPSA) is 93.3 Å². The molecule has 0 spiro atoms. The third-order valence-electron chi connectivity index (χ3n) is 6.32. The highest BCUT2D eigenvalue weighted by atomic mass is 35.5. The number of hydrogen-bond acceptors (Lipinski definition) is 5. The molecule has 12 heteroatoms. The zero-order valence-corrected chi connectivity index (χ0v) is 20.9. The van der Waals surface area contributed by atoms with Crippen molar-refractivity contribution < 1.29 is 23.2 Å². The van der Waals surface area contributed by atoms with Crippen molar-refractivity contribution >= 4 is 40.2 Å². The maximum Gasteiger partial charge on any atom is 0.294 e. The molecule has 3 aromatic heterocycles. The highest BCUT2D eigenvalue weighted by molar-refractivity contribution is 6.45. The molecule has 0 unspecified atom stereocenters. The van der Waals surface area contributed by atoms with Crippen LogP contribution in [-0.2, 0) is 24.9 Å². The van der Waals surface area contributed by atoms with E-state index >= 15 is 0 Å². The van der Waals surface area contributed by atoms with Crippen LogP contribution in [0.1, 0.15) is 26.4 Å². The summed E-state index contributed by atoms with van der Waals surface area (Å²) in [5.41, 5.74) is 1.40. The summed E-state index contributed by atoms with van der Waals surface area (Å²) >= 11 is 6.38. The number of Topliss-reactive ketones (excluding diaryl/α,β-unsaturated/α-hetero) is 1. The molecule has 190 valence electrons. The number of nitrogens with zero attached hydrogens (tertiary/aromatic N) is 6. The van der Waals surface area contributed by atoms with Gasteiger partial charge in [0.25, 0.3) is 17.6 Å². The van der Waals surface area contributed by atoms with Gasteiger partial charge in [-0.3, -0.25) is 14.4 Å². The Morgan fingerprint density at radius 3 is 2.54 bits per heavy atom. The summed E-state index contributed by atoms with van der Waals surface area (Å²) in [6.45, 7) is 0.766. The molecule has 0 saturated carbocycles. The molecule has 1 aliphatic heterocycles. The van der Waals surface area contributed by atoms with Gasteiger partial charge in [-0.05, 0) is 18.2 Å². The van der Waals surface area contributed by atoms with E-state index in [1.54, 1.807) is 27.3 Å². The average molecular weight is 527 g/mol. The number of aryl methyl sites for hydroxylation is 1. The van der Waals surface area contributed by atoms with Crippen LogP contribution in [-0.4, -0.2) is 67.1 Å². The molecule has 1 aromatic carbocycles. The molecule has 2 amide bonds. The average Bonchev–Trinajstić information content (AvgIpc) is 3.42. The SMILES string of the molecule is CN(C)C(=O)C(=O)c1cn(C)c2nc(Cl)c(C(=O)N3CCn4c(cnc4-c4ccc(F)cc4F)C3)cc12. The Labute approximate surface area is 214 Å². The molecule has 0 atom stereocenters. The predicted octanol–water partition coefficient (Wildman–Crippen LogP) is 3.30. The number of aromatic nitrogens is 4. The first-order valence-electron chi connectivity index (χ1n) is 11.3. The van der Waals surface area contributed by atoms with E-state index in [-0.39, 0.29) is 34.9 Å². The lowest BCUT2D eigenvalue weighted by atomic mass is 10.1. The molecular weight excluding hydrogens is 506 g/mol. The van der Waals surface area contributed by atoms with E-state index in [9.17, 15) is 23.2 Å². The Morgan fingerprint density at radius 2 is 1.84 bits per heavy atom. The molecule has 37 heavy (non-hydrogen) atoms. The number of hydrogen-bond donors (Lipinski definition) is 0. The van der Waals surface area contributed by atoms with Crippen molar-refractivity contribution in [3.05, 3.63) is 70.3 Å². The van der Waals surface area contributed by atoms with E-state index in [0.717, 1.165) is 6.07 Å². The summed E-state index contributed by atoms with van der Waals surface area (Å²) in [5, 5.41) is 0.302. The van der Waals surface area contributed by atoms with Crippen molar-refractivity contribution in [2.45, 2.75) is 13.1 Å². The Hall–Kier alpha value is -4.12. The van der Waals surface area contributed by atoms with E-state index in [1.807, 2.05) is 0 Å². The fraction of sp³-hybridized carbons (Fsp3) is 0.240. The van der Waals surface area contributed by atoms with Crippen LogP contribution in [0.15, 0.2) is 36.7 Å². The van der Waals surface area contributed by atoms with Crippen LogP contribution in [0.2, 0.25) is 5.15 Å². The van der Waals surface area contributed by atoms with Gasteiger partial charge in [-0.25, -0.2) is 18.7 Å². The molecule has 5 rings (SSSR count). The fourth-order valence-electron chi connectivity index (χ4n) is 4.43. The van der Waals surface area contributed by atoms with Crippen molar-refractivity contribution in [3.8, 4) is 11.4 Å². The summed E-state index contributed by atoms with van der Waals surface area (Å²) in [6.07, 6.45) is 3.03. The van der Waals surface area contributed by atoms with Gasteiger partial charge in [-0.2, -0.15) is 0 Å². The number of imidazole rings is 1. The maximum atomic E-state index is 14.3. The number of halogens is 3. The second-order valence-corrected chi connectivity index (χ2v) is 9.31. The van der Waals surface area contributed by atoms with E-state index in [2.05, 4.69) is 9.97 Å². The first kappa shape index (κ1) is 24.6. The third-order valence-corrected chi connectivity index (χ3v) is 6.61. The largest absolute Gasteiger partial charge is 0.342 e. The molecule has 1 aliphatic rings. The smallest absolute Gasteiger partial charge is 0.294 e. The summed E-state index contributed by atoms with van der Waals surface area (Å²) in [4.78, 5) is 49.9. The lowest BCUT2D eigenvalue weighted by molar-refractivity contribution is -0.124. The summed E-state index contributed by atoms with van der Waals surface area (Å²) in [5.74, 6) is -2.89. The number of ketones is 1. The number of pyridine rings is 1. The Kier molecular flexibility index (Phi) is 6.03. The van der Waals surface area contributed by atoms with E-state index in [0.29, 0.717) is 29.1 Å².